The fourth-order valence-corrected chi connectivity index (χ4v) is 4.35. The van der Waals surface area contributed by atoms with Gasteiger partial charge in [-0.15, -0.1) is 0 Å². The molecule has 1 atom stereocenters. The van der Waals surface area contributed by atoms with Crippen molar-refractivity contribution in [2.75, 3.05) is 26.2 Å². The van der Waals surface area contributed by atoms with Crippen LogP contribution in [0.1, 0.15) is 35.4 Å². The van der Waals surface area contributed by atoms with Crippen molar-refractivity contribution in [3.63, 3.8) is 0 Å². The van der Waals surface area contributed by atoms with Crippen LogP contribution >= 0.6 is 0 Å². The van der Waals surface area contributed by atoms with Crippen molar-refractivity contribution in [1.29, 1.82) is 0 Å². The number of β-amino-alcohol motifs (C(OH)–C–C–N with tert-alkyl or cyclic N) is 1. The highest BCUT2D eigenvalue weighted by atomic mass is 16.3. The number of aliphatic hydroxyl groups is 1. The van der Waals surface area contributed by atoms with Crippen LogP contribution in [0.4, 0.5) is 0 Å². The van der Waals surface area contributed by atoms with Crippen molar-refractivity contribution in [2.24, 2.45) is 5.41 Å². The molecule has 4 rings (SSSR count). The van der Waals surface area contributed by atoms with Crippen LogP contribution in [0.15, 0.2) is 47.3 Å². The quantitative estimate of drug-likeness (QED) is 0.914. The Kier molecular flexibility index (Phi) is 4.78. The minimum Gasteiger partial charge on any atom is -0.468 e. The number of carbonyl (C=O) groups excluding carboxylic acids is 1. The van der Waals surface area contributed by atoms with E-state index in [2.05, 4.69) is 9.88 Å². The summed E-state index contributed by atoms with van der Waals surface area (Å²) in [5.41, 5.74) is 0.599. The smallest absolute Gasteiger partial charge is 0.255 e. The van der Waals surface area contributed by atoms with E-state index in [1.807, 2.05) is 17.0 Å². The minimum absolute atomic E-state index is 0.00913. The van der Waals surface area contributed by atoms with Crippen molar-refractivity contribution in [3.8, 4) is 0 Å². The topological polar surface area (TPSA) is 69.8 Å². The maximum atomic E-state index is 12.8. The number of rotatable bonds is 3. The van der Waals surface area contributed by atoms with Crippen LogP contribution in [0.5, 0.6) is 0 Å². The van der Waals surface area contributed by atoms with E-state index in [0.29, 0.717) is 18.7 Å². The number of furan rings is 1. The first kappa shape index (κ1) is 17.2. The van der Waals surface area contributed by atoms with Gasteiger partial charge in [-0.2, -0.15) is 0 Å². The number of likely N-dealkylation sites (tertiary alicyclic amines) is 2. The highest BCUT2D eigenvalue weighted by Gasteiger charge is 2.43. The van der Waals surface area contributed by atoms with Crippen molar-refractivity contribution in [1.82, 2.24) is 14.8 Å². The Morgan fingerprint density at radius 3 is 2.85 bits per heavy atom. The molecule has 4 heterocycles. The molecule has 0 aliphatic carbocycles. The fourth-order valence-electron chi connectivity index (χ4n) is 4.35. The summed E-state index contributed by atoms with van der Waals surface area (Å²) in [6, 6.07) is 7.48. The maximum Gasteiger partial charge on any atom is 0.255 e. The SMILES string of the molecule is O=C(c1cccnc1)N1CC(O)CC2(CCN(Cc3ccco3)CC2)C1. The van der Waals surface area contributed by atoms with E-state index in [-0.39, 0.29) is 11.3 Å². The maximum absolute atomic E-state index is 12.8. The Balaban J connectivity index is 1.41. The summed E-state index contributed by atoms with van der Waals surface area (Å²) in [4.78, 5) is 21.0. The summed E-state index contributed by atoms with van der Waals surface area (Å²) in [6.07, 6.45) is 7.27. The van der Waals surface area contributed by atoms with Crippen molar-refractivity contribution in [3.05, 3.63) is 54.2 Å². The lowest BCUT2D eigenvalue weighted by Crippen LogP contribution is -2.55. The molecule has 26 heavy (non-hydrogen) atoms. The van der Waals surface area contributed by atoms with Crippen LogP contribution in [0, 0.1) is 5.41 Å². The summed E-state index contributed by atoms with van der Waals surface area (Å²) >= 11 is 0. The Bertz CT molecular complexity index is 724. The van der Waals surface area contributed by atoms with Gasteiger partial charge in [0.05, 0.1) is 24.5 Å². The largest absolute Gasteiger partial charge is 0.468 e. The third-order valence-corrected chi connectivity index (χ3v) is 5.70. The molecule has 0 radical (unpaired) electrons. The average Bonchev–Trinajstić information content (AvgIpc) is 3.16. The van der Waals surface area contributed by atoms with Gasteiger partial charge in [0.1, 0.15) is 5.76 Å². The third kappa shape index (κ3) is 3.66. The molecule has 2 saturated heterocycles. The molecule has 1 unspecified atom stereocenters. The molecule has 2 aliphatic heterocycles. The lowest BCUT2D eigenvalue weighted by molar-refractivity contribution is -0.0343. The number of amides is 1. The van der Waals surface area contributed by atoms with Gasteiger partial charge in [-0.25, -0.2) is 0 Å². The fraction of sp³-hybridized carbons (Fsp3) is 0.500. The number of hydrogen-bond donors (Lipinski definition) is 1. The number of aromatic nitrogens is 1. The Hall–Kier alpha value is -2.18. The molecule has 0 bridgehead atoms. The number of piperidine rings is 2. The number of aliphatic hydroxyl groups excluding tert-OH is 1. The van der Waals surface area contributed by atoms with Crippen LogP contribution in [0.2, 0.25) is 0 Å². The van der Waals surface area contributed by atoms with Gasteiger partial charge in [-0.3, -0.25) is 14.7 Å². The second kappa shape index (κ2) is 7.21. The normalized spacial score (nSPS) is 23.3. The first-order chi connectivity index (χ1) is 12.6. The summed E-state index contributed by atoms with van der Waals surface area (Å²) < 4.78 is 5.45. The van der Waals surface area contributed by atoms with E-state index in [0.717, 1.165) is 44.7 Å². The minimum atomic E-state index is -0.457. The summed E-state index contributed by atoms with van der Waals surface area (Å²) in [5, 5.41) is 10.4. The van der Waals surface area contributed by atoms with Crippen molar-refractivity contribution in [2.45, 2.75) is 31.9 Å². The van der Waals surface area contributed by atoms with E-state index in [9.17, 15) is 9.90 Å². The molecule has 138 valence electrons. The van der Waals surface area contributed by atoms with Gasteiger partial charge in [0.2, 0.25) is 0 Å². The zero-order valence-electron chi connectivity index (χ0n) is 14.9. The van der Waals surface area contributed by atoms with Crippen LogP contribution < -0.4 is 0 Å². The van der Waals surface area contributed by atoms with Crippen LogP contribution in [0.25, 0.3) is 0 Å². The van der Waals surface area contributed by atoms with E-state index in [4.69, 9.17) is 4.42 Å². The zero-order valence-corrected chi connectivity index (χ0v) is 14.9. The van der Waals surface area contributed by atoms with Gasteiger partial charge >= 0.3 is 0 Å². The van der Waals surface area contributed by atoms with Crippen LogP contribution in [-0.4, -0.2) is 58.1 Å². The highest BCUT2D eigenvalue weighted by molar-refractivity contribution is 5.94. The monoisotopic (exact) mass is 355 g/mol. The van der Waals surface area contributed by atoms with Gasteiger partial charge in [0.15, 0.2) is 0 Å². The van der Waals surface area contributed by atoms with Crippen LogP contribution in [-0.2, 0) is 6.54 Å². The Labute approximate surface area is 153 Å². The third-order valence-electron chi connectivity index (χ3n) is 5.70. The molecule has 0 aromatic carbocycles. The summed E-state index contributed by atoms with van der Waals surface area (Å²) in [5.74, 6) is 0.951. The predicted octanol–water partition coefficient (Wildman–Crippen LogP) is 2.16. The van der Waals surface area contributed by atoms with Gasteiger partial charge in [-0.1, -0.05) is 0 Å². The van der Waals surface area contributed by atoms with Gasteiger partial charge in [0, 0.05) is 25.5 Å². The number of hydrogen-bond acceptors (Lipinski definition) is 5. The highest BCUT2D eigenvalue weighted by Crippen LogP contribution is 2.40. The second-order valence-electron chi connectivity index (χ2n) is 7.64. The van der Waals surface area contributed by atoms with Gasteiger partial charge in [-0.05, 0) is 62.0 Å². The molecule has 2 aromatic heterocycles. The molecule has 1 amide bonds. The molecular weight excluding hydrogens is 330 g/mol. The molecular formula is C20H25N3O3. The molecule has 1 spiro atoms. The Morgan fingerprint density at radius 2 is 2.15 bits per heavy atom. The summed E-state index contributed by atoms with van der Waals surface area (Å²) in [6.45, 7) is 3.87. The second-order valence-corrected chi connectivity index (χ2v) is 7.64. The van der Waals surface area contributed by atoms with E-state index < -0.39 is 6.10 Å². The molecule has 6 heteroatoms. The number of carbonyl (C=O) groups is 1. The molecule has 2 aromatic rings. The molecule has 1 N–H and O–H groups in total. The number of nitrogens with zero attached hydrogens (tertiary/aromatic N) is 3. The lowest BCUT2D eigenvalue weighted by Gasteiger charge is -2.49. The van der Waals surface area contributed by atoms with Crippen molar-refractivity contribution >= 4 is 5.91 Å². The standard InChI is InChI=1S/C20H25N3O3/c24-17-11-20(5-8-22(9-6-20)14-18-4-2-10-26-18)15-23(13-17)19(25)16-3-1-7-21-12-16/h1-4,7,10,12,17,24H,5-6,8-9,11,13-15H2. The zero-order chi connectivity index (χ0) is 18.0. The van der Waals surface area contributed by atoms with E-state index >= 15 is 0 Å². The number of pyridine rings is 1. The summed E-state index contributed by atoms with van der Waals surface area (Å²) in [7, 11) is 0. The lowest BCUT2D eigenvalue weighted by atomic mass is 9.71. The molecule has 0 saturated carbocycles. The van der Waals surface area contributed by atoms with E-state index in [1.54, 1.807) is 30.8 Å². The first-order valence-electron chi connectivity index (χ1n) is 9.26. The van der Waals surface area contributed by atoms with Crippen LogP contribution in [0.3, 0.4) is 0 Å². The predicted molar refractivity (Wildman–Crippen MR) is 96.4 cm³/mol. The van der Waals surface area contributed by atoms with Gasteiger partial charge < -0.3 is 14.4 Å². The van der Waals surface area contributed by atoms with Crippen molar-refractivity contribution < 1.29 is 14.3 Å². The average molecular weight is 355 g/mol. The molecule has 2 fully saturated rings. The Morgan fingerprint density at radius 1 is 1.31 bits per heavy atom. The molecule has 2 aliphatic rings. The van der Waals surface area contributed by atoms with E-state index in [1.165, 1.54) is 0 Å². The molecule has 6 nitrogen and oxygen atoms in total. The van der Waals surface area contributed by atoms with Gasteiger partial charge in [0.25, 0.3) is 5.91 Å². The first-order valence-corrected chi connectivity index (χ1v) is 9.26.